The predicted molar refractivity (Wildman–Crippen MR) is 65.9 cm³/mol. The van der Waals surface area contributed by atoms with Crippen molar-refractivity contribution in [1.82, 2.24) is 10.6 Å². The smallest absolute Gasteiger partial charge is 0.227 e. The molecule has 1 fully saturated rings. The van der Waals surface area contributed by atoms with E-state index in [1.165, 1.54) is 0 Å². The highest BCUT2D eigenvalue weighted by Gasteiger charge is 2.32. The fraction of sp³-hybridized carbons (Fsp3) is 0.917. The topological polar surface area (TPSA) is 59.6 Å². The van der Waals surface area contributed by atoms with Gasteiger partial charge < -0.3 is 20.1 Å². The van der Waals surface area contributed by atoms with Crippen LogP contribution in [0.3, 0.4) is 0 Å². The molecule has 0 radical (unpaired) electrons. The zero-order valence-electron chi connectivity index (χ0n) is 11.0. The lowest BCUT2D eigenvalue weighted by atomic mass is 10.0. The Bertz CT molecular complexity index is 234. The fourth-order valence-corrected chi connectivity index (χ4v) is 1.83. The molecule has 1 aliphatic rings. The number of carbonyl (C=O) groups is 1. The second-order valence-electron chi connectivity index (χ2n) is 4.60. The lowest BCUT2D eigenvalue weighted by molar-refractivity contribution is -0.125. The Morgan fingerprint density at radius 3 is 2.88 bits per heavy atom. The summed E-state index contributed by atoms with van der Waals surface area (Å²) < 4.78 is 10.7. The molecule has 1 heterocycles. The van der Waals surface area contributed by atoms with Crippen molar-refractivity contribution >= 4 is 5.91 Å². The summed E-state index contributed by atoms with van der Waals surface area (Å²) in [6.45, 7) is 6.50. The predicted octanol–water partition coefficient (Wildman–Crippen LogP) is 0.152. The minimum absolute atomic E-state index is 0.0639. The van der Waals surface area contributed by atoms with Gasteiger partial charge in [-0.1, -0.05) is 0 Å². The highest BCUT2D eigenvalue weighted by Crippen LogP contribution is 2.13. The monoisotopic (exact) mass is 244 g/mol. The largest absolute Gasteiger partial charge is 0.379 e. The third-order valence-electron chi connectivity index (χ3n) is 2.86. The summed E-state index contributed by atoms with van der Waals surface area (Å²) >= 11 is 0. The van der Waals surface area contributed by atoms with Crippen molar-refractivity contribution in [2.45, 2.75) is 32.4 Å². The van der Waals surface area contributed by atoms with Crippen LogP contribution in [0.5, 0.6) is 0 Å². The second-order valence-corrected chi connectivity index (χ2v) is 4.60. The molecule has 0 aliphatic carbocycles. The van der Waals surface area contributed by atoms with Gasteiger partial charge in [0.25, 0.3) is 0 Å². The number of carbonyl (C=O) groups excluding carboxylic acids is 1. The van der Waals surface area contributed by atoms with Gasteiger partial charge in [0.15, 0.2) is 0 Å². The molecule has 1 rings (SSSR count). The summed E-state index contributed by atoms with van der Waals surface area (Å²) in [5.41, 5.74) is 0. The first-order chi connectivity index (χ1) is 8.15. The summed E-state index contributed by atoms with van der Waals surface area (Å²) in [5, 5.41) is 6.02. The van der Waals surface area contributed by atoms with Crippen LogP contribution in [0, 0.1) is 5.92 Å². The highest BCUT2D eigenvalue weighted by atomic mass is 16.5. The number of nitrogens with one attached hydrogen (secondary N) is 2. The third kappa shape index (κ3) is 5.02. The fourth-order valence-electron chi connectivity index (χ4n) is 1.83. The van der Waals surface area contributed by atoms with Gasteiger partial charge in [-0.3, -0.25) is 4.79 Å². The van der Waals surface area contributed by atoms with Gasteiger partial charge in [-0.2, -0.15) is 0 Å². The van der Waals surface area contributed by atoms with Gasteiger partial charge in [0, 0.05) is 19.2 Å². The van der Waals surface area contributed by atoms with Crippen LogP contribution < -0.4 is 10.6 Å². The molecular weight excluding hydrogens is 220 g/mol. The first kappa shape index (κ1) is 14.4. The van der Waals surface area contributed by atoms with Gasteiger partial charge in [-0.15, -0.1) is 0 Å². The number of likely N-dealkylation sites (N-methyl/N-ethyl adjacent to an activating group) is 1. The van der Waals surface area contributed by atoms with E-state index in [0.29, 0.717) is 26.4 Å². The lowest BCUT2D eigenvalue weighted by Gasteiger charge is -2.16. The normalized spacial score (nSPS) is 24.2. The Kier molecular flexibility index (Phi) is 6.47. The van der Waals surface area contributed by atoms with Gasteiger partial charge in [-0.25, -0.2) is 0 Å². The minimum Gasteiger partial charge on any atom is -0.379 e. The first-order valence-electron chi connectivity index (χ1n) is 6.29. The lowest BCUT2D eigenvalue weighted by Crippen LogP contribution is -2.42. The van der Waals surface area contributed by atoms with E-state index < -0.39 is 0 Å². The average molecular weight is 244 g/mol. The maximum Gasteiger partial charge on any atom is 0.227 e. The second kappa shape index (κ2) is 7.63. The average Bonchev–Trinajstić information content (AvgIpc) is 2.75. The maximum absolute atomic E-state index is 11.8. The van der Waals surface area contributed by atoms with Crippen molar-refractivity contribution in [2.24, 2.45) is 5.92 Å². The van der Waals surface area contributed by atoms with Crippen LogP contribution in [0.2, 0.25) is 0 Å². The molecular formula is C12H24N2O3. The van der Waals surface area contributed by atoms with E-state index in [-0.39, 0.29) is 24.0 Å². The van der Waals surface area contributed by atoms with Crippen LogP contribution in [0.15, 0.2) is 0 Å². The van der Waals surface area contributed by atoms with E-state index in [4.69, 9.17) is 9.47 Å². The van der Waals surface area contributed by atoms with Crippen LogP contribution in [0.4, 0.5) is 0 Å². The van der Waals surface area contributed by atoms with E-state index in [0.717, 1.165) is 6.42 Å². The van der Waals surface area contributed by atoms with Crippen molar-refractivity contribution < 1.29 is 14.3 Å². The van der Waals surface area contributed by atoms with Crippen LogP contribution in [-0.2, 0) is 14.3 Å². The Morgan fingerprint density at radius 2 is 2.24 bits per heavy atom. The highest BCUT2D eigenvalue weighted by molar-refractivity contribution is 5.79. The van der Waals surface area contributed by atoms with E-state index in [1.54, 1.807) is 0 Å². The molecule has 0 aromatic rings. The summed E-state index contributed by atoms with van der Waals surface area (Å²) in [4.78, 5) is 11.8. The van der Waals surface area contributed by atoms with Gasteiger partial charge in [0.1, 0.15) is 0 Å². The Balaban J connectivity index is 2.12. The zero-order chi connectivity index (χ0) is 12.7. The summed E-state index contributed by atoms with van der Waals surface area (Å²) in [6.07, 6.45) is 1.10. The quantitative estimate of drug-likeness (QED) is 0.626. The van der Waals surface area contributed by atoms with Crippen LogP contribution >= 0.6 is 0 Å². The number of rotatable bonds is 7. The molecule has 2 unspecified atom stereocenters. The molecule has 0 aromatic heterocycles. The van der Waals surface area contributed by atoms with E-state index >= 15 is 0 Å². The molecule has 1 amide bonds. The van der Waals surface area contributed by atoms with E-state index in [2.05, 4.69) is 10.6 Å². The molecule has 100 valence electrons. The van der Waals surface area contributed by atoms with Crippen molar-refractivity contribution in [1.29, 1.82) is 0 Å². The number of hydrogen-bond donors (Lipinski definition) is 2. The number of hydrogen-bond acceptors (Lipinski definition) is 4. The Morgan fingerprint density at radius 1 is 1.47 bits per heavy atom. The third-order valence-corrected chi connectivity index (χ3v) is 2.86. The number of ether oxygens (including phenoxy) is 2. The molecule has 2 atom stereocenters. The first-order valence-corrected chi connectivity index (χ1v) is 6.29. The molecule has 17 heavy (non-hydrogen) atoms. The molecule has 5 heteroatoms. The Hall–Kier alpha value is -0.650. The van der Waals surface area contributed by atoms with Crippen molar-refractivity contribution in [3.05, 3.63) is 0 Å². The van der Waals surface area contributed by atoms with Gasteiger partial charge >= 0.3 is 0 Å². The standard InChI is InChI=1S/C12H24N2O3/c1-9(2)17-6-4-5-14-12(15)10-7-16-8-11(10)13-3/h9-11,13H,4-8H2,1-3H3,(H,14,15). The molecule has 0 spiro atoms. The molecule has 5 nitrogen and oxygen atoms in total. The number of amides is 1. The minimum atomic E-state index is -0.0639. The van der Waals surface area contributed by atoms with Crippen LogP contribution in [0.25, 0.3) is 0 Å². The Labute approximate surface area is 103 Å². The molecule has 0 aromatic carbocycles. The van der Waals surface area contributed by atoms with Gasteiger partial charge in [-0.05, 0) is 27.3 Å². The van der Waals surface area contributed by atoms with Crippen LogP contribution in [-0.4, -0.2) is 51.5 Å². The van der Waals surface area contributed by atoms with Crippen molar-refractivity contribution in [3.8, 4) is 0 Å². The summed E-state index contributed by atoms with van der Waals surface area (Å²) in [6, 6.07) is 0.141. The molecule has 1 saturated heterocycles. The summed E-state index contributed by atoms with van der Waals surface area (Å²) in [7, 11) is 1.86. The van der Waals surface area contributed by atoms with E-state index in [9.17, 15) is 4.79 Å². The molecule has 0 saturated carbocycles. The summed E-state index contributed by atoms with van der Waals surface area (Å²) in [5.74, 6) is 0.0115. The van der Waals surface area contributed by atoms with E-state index in [1.807, 2.05) is 20.9 Å². The molecule has 0 bridgehead atoms. The maximum atomic E-state index is 11.8. The molecule has 2 N–H and O–H groups in total. The van der Waals surface area contributed by atoms with Gasteiger partial charge in [0.05, 0.1) is 25.2 Å². The molecule has 1 aliphatic heterocycles. The van der Waals surface area contributed by atoms with Crippen molar-refractivity contribution in [2.75, 3.05) is 33.4 Å². The SMILES string of the molecule is CNC1COCC1C(=O)NCCCOC(C)C. The van der Waals surface area contributed by atoms with Crippen molar-refractivity contribution in [3.63, 3.8) is 0 Å². The van der Waals surface area contributed by atoms with Gasteiger partial charge in [0.2, 0.25) is 5.91 Å². The zero-order valence-corrected chi connectivity index (χ0v) is 11.0. The van der Waals surface area contributed by atoms with Crippen LogP contribution in [0.1, 0.15) is 20.3 Å².